The van der Waals surface area contributed by atoms with E-state index in [0.29, 0.717) is 6.07 Å². The van der Waals surface area contributed by atoms with Crippen molar-refractivity contribution in [2.75, 3.05) is 7.11 Å². The number of nitrogens with zero attached hydrogens (tertiary/aromatic N) is 2. The number of rotatable bonds is 4. The van der Waals surface area contributed by atoms with Gasteiger partial charge in [-0.25, -0.2) is 13.8 Å². The Balaban J connectivity index is 3.33. The number of ether oxygens (including phenoxy) is 2. The molecule has 104 valence electrons. The van der Waals surface area contributed by atoms with Crippen molar-refractivity contribution in [1.29, 1.82) is 5.26 Å². The SMILES string of the molecule is COc1nc(C(F)F)c(OC(F)(F)F)cc1CC#N. The van der Waals surface area contributed by atoms with Crippen LogP contribution in [0.4, 0.5) is 22.0 Å². The summed E-state index contributed by atoms with van der Waals surface area (Å²) in [5.74, 6) is -1.49. The van der Waals surface area contributed by atoms with Gasteiger partial charge in [0.25, 0.3) is 6.43 Å². The van der Waals surface area contributed by atoms with Crippen molar-refractivity contribution < 1.29 is 31.4 Å². The zero-order chi connectivity index (χ0) is 14.6. The average Bonchev–Trinajstić information content (AvgIpc) is 2.27. The van der Waals surface area contributed by atoms with E-state index in [1.165, 1.54) is 0 Å². The molecule has 0 spiro atoms. The second-order valence-corrected chi connectivity index (χ2v) is 3.22. The number of nitriles is 1. The third kappa shape index (κ3) is 3.94. The second-order valence-electron chi connectivity index (χ2n) is 3.22. The smallest absolute Gasteiger partial charge is 0.481 e. The van der Waals surface area contributed by atoms with Crippen LogP contribution in [-0.4, -0.2) is 18.5 Å². The third-order valence-electron chi connectivity index (χ3n) is 1.95. The summed E-state index contributed by atoms with van der Waals surface area (Å²) < 4.78 is 69.6. The van der Waals surface area contributed by atoms with Crippen molar-refractivity contribution >= 4 is 0 Å². The Hall–Kier alpha value is -2.11. The lowest BCUT2D eigenvalue weighted by atomic mass is 10.2. The van der Waals surface area contributed by atoms with Crippen molar-refractivity contribution in [2.45, 2.75) is 19.2 Å². The van der Waals surface area contributed by atoms with E-state index in [1.807, 2.05) is 0 Å². The summed E-state index contributed by atoms with van der Waals surface area (Å²) in [6, 6.07) is 2.32. The minimum absolute atomic E-state index is 0.0753. The van der Waals surface area contributed by atoms with Gasteiger partial charge in [0.2, 0.25) is 5.88 Å². The predicted octanol–water partition coefficient (Wildman–Crippen LogP) is 2.99. The van der Waals surface area contributed by atoms with Crippen molar-refractivity contribution in [3.05, 3.63) is 17.3 Å². The molecule has 0 N–H and O–H groups in total. The molecule has 0 bridgehead atoms. The van der Waals surface area contributed by atoms with E-state index in [2.05, 4.69) is 14.5 Å². The van der Waals surface area contributed by atoms with E-state index in [4.69, 9.17) is 5.26 Å². The van der Waals surface area contributed by atoms with Gasteiger partial charge >= 0.3 is 6.36 Å². The zero-order valence-electron chi connectivity index (χ0n) is 9.46. The minimum Gasteiger partial charge on any atom is -0.481 e. The number of alkyl halides is 5. The molecule has 1 rings (SSSR count). The average molecular weight is 282 g/mol. The molecule has 0 amide bonds. The number of methoxy groups -OCH3 is 1. The van der Waals surface area contributed by atoms with Crippen LogP contribution in [0.3, 0.4) is 0 Å². The fraction of sp³-hybridized carbons (Fsp3) is 0.400. The van der Waals surface area contributed by atoms with E-state index in [9.17, 15) is 22.0 Å². The molecular weight excluding hydrogens is 275 g/mol. The highest BCUT2D eigenvalue weighted by Crippen LogP contribution is 2.35. The Morgan fingerprint density at radius 1 is 1.42 bits per heavy atom. The fourth-order valence-corrected chi connectivity index (χ4v) is 1.28. The van der Waals surface area contributed by atoms with Crippen LogP contribution in [0.2, 0.25) is 0 Å². The van der Waals surface area contributed by atoms with Crippen molar-refractivity contribution in [1.82, 2.24) is 4.98 Å². The van der Waals surface area contributed by atoms with Crippen LogP contribution in [0.25, 0.3) is 0 Å². The molecule has 0 radical (unpaired) electrons. The molecule has 0 saturated heterocycles. The van der Waals surface area contributed by atoms with Crippen LogP contribution in [0.15, 0.2) is 6.07 Å². The fourth-order valence-electron chi connectivity index (χ4n) is 1.28. The van der Waals surface area contributed by atoms with Crippen LogP contribution in [0, 0.1) is 11.3 Å². The first-order valence-electron chi connectivity index (χ1n) is 4.77. The molecule has 9 heteroatoms. The van der Waals surface area contributed by atoms with Crippen LogP contribution >= 0.6 is 0 Å². The Labute approximate surface area is 104 Å². The molecule has 0 fully saturated rings. The highest BCUT2D eigenvalue weighted by molar-refractivity contribution is 5.40. The maximum atomic E-state index is 12.6. The summed E-state index contributed by atoms with van der Waals surface area (Å²) in [7, 11) is 1.10. The first-order chi connectivity index (χ1) is 8.78. The van der Waals surface area contributed by atoms with Gasteiger partial charge in [-0.05, 0) is 6.07 Å². The topological polar surface area (TPSA) is 55.1 Å². The number of halogens is 5. The number of pyridine rings is 1. The van der Waals surface area contributed by atoms with Crippen LogP contribution in [0.1, 0.15) is 17.7 Å². The summed E-state index contributed by atoms with van der Waals surface area (Å²) in [4.78, 5) is 3.25. The summed E-state index contributed by atoms with van der Waals surface area (Å²) in [6.45, 7) is 0. The molecule has 0 saturated carbocycles. The van der Waals surface area contributed by atoms with Gasteiger partial charge in [0.1, 0.15) is 0 Å². The van der Waals surface area contributed by atoms with Gasteiger partial charge in [0.05, 0.1) is 19.6 Å². The van der Waals surface area contributed by atoms with Gasteiger partial charge in [-0.2, -0.15) is 5.26 Å². The quantitative estimate of drug-likeness (QED) is 0.797. The highest BCUT2D eigenvalue weighted by Gasteiger charge is 2.34. The third-order valence-corrected chi connectivity index (χ3v) is 1.95. The van der Waals surface area contributed by atoms with Gasteiger partial charge in [-0.15, -0.1) is 13.2 Å². The summed E-state index contributed by atoms with van der Waals surface area (Å²) in [6.07, 6.45) is -8.76. The Bertz CT molecular complexity index is 496. The van der Waals surface area contributed by atoms with Crippen LogP contribution in [0.5, 0.6) is 11.6 Å². The molecule has 1 aromatic rings. The maximum Gasteiger partial charge on any atom is 0.573 e. The predicted molar refractivity (Wildman–Crippen MR) is 51.7 cm³/mol. The first-order valence-corrected chi connectivity index (χ1v) is 4.77. The molecular formula is C10H7F5N2O2. The lowest BCUT2D eigenvalue weighted by Crippen LogP contribution is -2.19. The lowest BCUT2D eigenvalue weighted by molar-refractivity contribution is -0.275. The summed E-state index contributed by atoms with van der Waals surface area (Å²) >= 11 is 0. The minimum atomic E-state index is -5.14. The van der Waals surface area contributed by atoms with E-state index in [1.54, 1.807) is 6.07 Å². The van der Waals surface area contributed by atoms with Crippen LogP contribution < -0.4 is 9.47 Å². The van der Waals surface area contributed by atoms with E-state index >= 15 is 0 Å². The molecule has 0 unspecified atom stereocenters. The summed E-state index contributed by atoms with van der Waals surface area (Å²) in [5.41, 5.74) is -1.27. The van der Waals surface area contributed by atoms with Crippen LogP contribution in [-0.2, 0) is 6.42 Å². The van der Waals surface area contributed by atoms with Crippen molar-refractivity contribution in [3.63, 3.8) is 0 Å². The second kappa shape index (κ2) is 5.69. The van der Waals surface area contributed by atoms with Gasteiger partial charge in [-0.1, -0.05) is 0 Å². The molecule has 0 aliphatic rings. The normalized spacial score (nSPS) is 11.3. The Morgan fingerprint density at radius 2 is 2.05 bits per heavy atom. The Kier molecular flexibility index (Phi) is 4.47. The molecule has 0 atom stereocenters. The number of aromatic nitrogens is 1. The number of hydrogen-bond donors (Lipinski definition) is 0. The first kappa shape index (κ1) is 14.9. The van der Waals surface area contributed by atoms with Gasteiger partial charge < -0.3 is 9.47 Å². The van der Waals surface area contributed by atoms with E-state index < -0.39 is 24.2 Å². The standard InChI is InChI=1S/C10H7F5N2O2/c1-18-9-5(2-3-16)4-6(19-10(13,14)15)7(17-9)8(11)12/h4,8H,2H2,1H3. The monoisotopic (exact) mass is 282 g/mol. The maximum absolute atomic E-state index is 12.6. The number of hydrogen-bond acceptors (Lipinski definition) is 4. The largest absolute Gasteiger partial charge is 0.573 e. The molecule has 0 aliphatic heterocycles. The molecule has 1 aromatic heterocycles. The lowest BCUT2D eigenvalue weighted by Gasteiger charge is -2.15. The molecule has 0 aromatic carbocycles. The van der Waals surface area contributed by atoms with Crippen molar-refractivity contribution in [2.24, 2.45) is 0 Å². The molecule has 4 nitrogen and oxygen atoms in total. The van der Waals surface area contributed by atoms with E-state index in [0.717, 1.165) is 7.11 Å². The molecule has 1 heterocycles. The Morgan fingerprint density at radius 3 is 2.47 bits per heavy atom. The summed E-state index contributed by atoms with van der Waals surface area (Å²) in [5, 5.41) is 8.50. The zero-order valence-corrected chi connectivity index (χ0v) is 9.46. The highest BCUT2D eigenvalue weighted by atomic mass is 19.4. The molecule has 19 heavy (non-hydrogen) atoms. The van der Waals surface area contributed by atoms with E-state index in [-0.39, 0.29) is 17.9 Å². The van der Waals surface area contributed by atoms with Gasteiger partial charge in [0.15, 0.2) is 11.4 Å². The van der Waals surface area contributed by atoms with Gasteiger partial charge in [0, 0.05) is 5.56 Å². The molecule has 0 aliphatic carbocycles. The van der Waals surface area contributed by atoms with Crippen molar-refractivity contribution in [3.8, 4) is 17.7 Å². The van der Waals surface area contributed by atoms with Gasteiger partial charge in [-0.3, -0.25) is 0 Å².